The van der Waals surface area contributed by atoms with E-state index < -0.39 is 10.0 Å². The highest BCUT2D eigenvalue weighted by Crippen LogP contribution is 2.23. The Kier molecular flexibility index (Phi) is 5.42. The first-order valence-electron chi connectivity index (χ1n) is 9.71. The Labute approximate surface area is 176 Å². The average molecular weight is 419 g/mol. The van der Waals surface area contributed by atoms with Gasteiger partial charge in [0.2, 0.25) is 0 Å². The molecule has 0 aliphatic carbocycles. The van der Waals surface area contributed by atoms with E-state index >= 15 is 0 Å². The summed E-state index contributed by atoms with van der Waals surface area (Å²) in [5, 5.41) is 3.61. The van der Waals surface area contributed by atoms with Gasteiger partial charge in [-0.2, -0.15) is 0 Å². The third-order valence-corrected chi connectivity index (χ3v) is 6.74. The molecule has 1 heterocycles. The summed E-state index contributed by atoms with van der Waals surface area (Å²) in [5.41, 5.74) is 3.19. The maximum Gasteiger partial charge on any atom is 0.268 e. The van der Waals surface area contributed by atoms with Crippen LogP contribution in [0.25, 0.3) is 10.9 Å². The van der Waals surface area contributed by atoms with Crippen molar-refractivity contribution < 1.29 is 13.2 Å². The Morgan fingerprint density at radius 3 is 2.40 bits per heavy atom. The first-order chi connectivity index (χ1) is 14.4. The van der Waals surface area contributed by atoms with Gasteiger partial charge < -0.3 is 5.32 Å². The number of nitrogens with zero attached hydrogens (tertiary/aromatic N) is 1. The summed E-state index contributed by atoms with van der Waals surface area (Å²) in [6.45, 7) is 2.44. The van der Waals surface area contributed by atoms with Crippen molar-refractivity contribution in [2.24, 2.45) is 0 Å². The van der Waals surface area contributed by atoms with Crippen LogP contribution in [0, 0.1) is 6.92 Å². The molecule has 0 atom stereocenters. The fourth-order valence-electron chi connectivity index (χ4n) is 3.36. The predicted molar refractivity (Wildman–Crippen MR) is 118 cm³/mol. The molecule has 6 heteroatoms. The van der Waals surface area contributed by atoms with E-state index in [1.807, 2.05) is 37.3 Å². The lowest BCUT2D eigenvalue weighted by Gasteiger charge is -2.09. The van der Waals surface area contributed by atoms with Gasteiger partial charge in [0.1, 0.15) is 0 Å². The van der Waals surface area contributed by atoms with Crippen molar-refractivity contribution in [3.05, 3.63) is 102 Å². The zero-order chi connectivity index (χ0) is 21.1. The number of carbonyl (C=O) groups excluding carboxylic acids is 1. The van der Waals surface area contributed by atoms with Gasteiger partial charge in [0.25, 0.3) is 15.9 Å². The number of amides is 1. The van der Waals surface area contributed by atoms with Crippen molar-refractivity contribution in [3.63, 3.8) is 0 Å². The number of hydrogen-bond donors (Lipinski definition) is 1. The summed E-state index contributed by atoms with van der Waals surface area (Å²) >= 11 is 0. The fraction of sp³-hybridized carbons (Fsp3) is 0.125. The lowest BCUT2D eigenvalue weighted by molar-refractivity contribution is 0.0954. The molecule has 1 amide bonds. The van der Waals surface area contributed by atoms with Crippen LogP contribution in [-0.4, -0.2) is 24.8 Å². The SMILES string of the molecule is Cc1ccc(S(=O)(=O)n2ccc3cc(C(=O)NCCc4ccccc4)ccc32)cc1. The first kappa shape index (κ1) is 19.9. The quantitative estimate of drug-likeness (QED) is 0.511. The largest absolute Gasteiger partial charge is 0.352 e. The minimum absolute atomic E-state index is 0.179. The molecule has 1 aromatic heterocycles. The molecule has 4 rings (SSSR count). The van der Waals surface area contributed by atoms with Crippen LogP contribution >= 0.6 is 0 Å². The summed E-state index contributed by atoms with van der Waals surface area (Å²) in [6.07, 6.45) is 2.27. The van der Waals surface area contributed by atoms with Gasteiger partial charge >= 0.3 is 0 Å². The molecule has 0 bridgehead atoms. The van der Waals surface area contributed by atoms with Crippen molar-refractivity contribution in [2.45, 2.75) is 18.2 Å². The molecule has 4 aromatic rings. The Morgan fingerprint density at radius 2 is 1.67 bits per heavy atom. The van der Waals surface area contributed by atoms with Crippen molar-refractivity contribution in [1.29, 1.82) is 0 Å². The van der Waals surface area contributed by atoms with Crippen LogP contribution in [0.4, 0.5) is 0 Å². The molecule has 152 valence electrons. The molecule has 5 nitrogen and oxygen atoms in total. The molecule has 0 aliphatic rings. The molecular weight excluding hydrogens is 396 g/mol. The average Bonchev–Trinajstić information content (AvgIpc) is 3.19. The van der Waals surface area contributed by atoms with Crippen molar-refractivity contribution in [1.82, 2.24) is 9.29 Å². The highest BCUT2D eigenvalue weighted by atomic mass is 32.2. The molecule has 0 radical (unpaired) electrons. The maximum absolute atomic E-state index is 13.0. The van der Waals surface area contributed by atoms with E-state index in [1.165, 1.54) is 10.2 Å². The molecule has 0 unspecified atom stereocenters. The van der Waals surface area contributed by atoms with Gasteiger partial charge in [-0.05, 0) is 55.3 Å². The molecule has 30 heavy (non-hydrogen) atoms. The van der Waals surface area contributed by atoms with Crippen molar-refractivity contribution >= 4 is 26.8 Å². The van der Waals surface area contributed by atoms with Crippen molar-refractivity contribution in [3.8, 4) is 0 Å². The lowest BCUT2D eigenvalue weighted by Crippen LogP contribution is -2.25. The van der Waals surface area contributed by atoms with Gasteiger partial charge in [-0.1, -0.05) is 48.0 Å². The van der Waals surface area contributed by atoms with Crippen LogP contribution in [0.5, 0.6) is 0 Å². The number of hydrogen-bond acceptors (Lipinski definition) is 3. The zero-order valence-corrected chi connectivity index (χ0v) is 17.4. The maximum atomic E-state index is 13.0. The van der Waals surface area contributed by atoms with E-state index in [0.717, 1.165) is 17.5 Å². The normalized spacial score (nSPS) is 11.5. The number of nitrogens with one attached hydrogen (secondary N) is 1. The van der Waals surface area contributed by atoms with Gasteiger partial charge in [-0.15, -0.1) is 0 Å². The van der Waals surface area contributed by atoms with E-state index in [1.54, 1.807) is 48.5 Å². The smallest absolute Gasteiger partial charge is 0.268 e. The van der Waals surface area contributed by atoms with Crippen molar-refractivity contribution in [2.75, 3.05) is 6.54 Å². The van der Waals surface area contributed by atoms with Gasteiger partial charge in [0.15, 0.2) is 0 Å². The molecule has 0 saturated carbocycles. The van der Waals surface area contributed by atoms with E-state index in [4.69, 9.17) is 0 Å². The Morgan fingerprint density at radius 1 is 0.933 bits per heavy atom. The van der Waals surface area contributed by atoms with Crippen LogP contribution in [0.1, 0.15) is 21.5 Å². The standard InChI is InChI=1S/C24H22N2O3S/c1-18-7-10-22(11-8-18)30(28,29)26-16-14-20-17-21(9-12-23(20)26)24(27)25-15-13-19-5-3-2-4-6-19/h2-12,14,16-17H,13,15H2,1H3,(H,25,27). The van der Waals surface area contributed by atoms with E-state index in [9.17, 15) is 13.2 Å². The predicted octanol–water partition coefficient (Wildman–Crippen LogP) is 4.16. The number of benzene rings is 3. The summed E-state index contributed by atoms with van der Waals surface area (Å²) in [7, 11) is -3.70. The van der Waals surface area contributed by atoms with Crippen LogP contribution < -0.4 is 5.32 Å². The molecule has 0 spiro atoms. The fourth-order valence-corrected chi connectivity index (χ4v) is 4.71. The minimum Gasteiger partial charge on any atom is -0.352 e. The lowest BCUT2D eigenvalue weighted by atomic mass is 10.1. The van der Waals surface area contributed by atoms with E-state index in [2.05, 4.69) is 5.32 Å². The van der Waals surface area contributed by atoms with E-state index in [0.29, 0.717) is 23.0 Å². The number of rotatable bonds is 6. The monoisotopic (exact) mass is 418 g/mol. The zero-order valence-electron chi connectivity index (χ0n) is 16.6. The Balaban J connectivity index is 1.53. The summed E-state index contributed by atoms with van der Waals surface area (Å²) < 4.78 is 27.3. The number of fused-ring (bicyclic) bond motifs is 1. The second kappa shape index (κ2) is 8.16. The highest BCUT2D eigenvalue weighted by Gasteiger charge is 2.19. The molecule has 0 fully saturated rings. The minimum atomic E-state index is -3.70. The molecule has 1 N–H and O–H groups in total. The number of aryl methyl sites for hydroxylation is 1. The summed E-state index contributed by atoms with van der Waals surface area (Å²) in [4.78, 5) is 12.7. The molecular formula is C24H22N2O3S. The van der Waals surface area contributed by atoms with E-state index in [-0.39, 0.29) is 10.8 Å². The highest BCUT2D eigenvalue weighted by molar-refractivity contribution is 7.90. The summed E-state index contributed by atoms with van der Waals surface area (Å²) in [5.74, 6) is -0.179. The topological polar surface area (TPSA) is 68.2 Å². The second-order valence-corrected chi connectivity index (χ2v) is 9.01. The second-order valence-electron chi connectivity index (χ2n) is 7.19. The Bertz CT molecular complexity index is 1290. The van der Waals surface area contributed by atoms with Crippen LogP contribution in [0.2, 0.25) is 0 Å². The van der Waals surface area contributed by atoms with Crippen LogP contribution in [0.3, 0.4) is 0 Å². The van der Waals surface area contributed by atoms with Gasteiger partial charge in [-0.25, -0.2) is 12.4 Å². The van der Waals surface area contributed by atoms with Crippen LogP contribution in [-0.2, 0) is 16.4 Å². The molecule has 0 saturated heterocycles. The first-order valence-corrected chi connectivity index (χ1v) is 11.1. The molecule has 0 aliphatic heterocycles. The van der Waals surface area contributed by atoms with Gasteiger partial charge in [0.05, 0.1) is 10.4 Å². The van der Waals surface area contributed by atoms with Gasteiger partial charge in [-0.3, -0.25) is 4.79 Å². The van der Waals surface area contributed by atoms with Gasteiger partial charge in [0, 0.05) is 23.7 Å². The Hall–Kier alpha value is -3.38. The third-order valence-electron chi connectivity index (χ3n) is 5.04. The summed E-state index contributed by atoms with van der Waals surface area (Å²) in [6, 6.07) is 23.5. The van der Waals surface area contributed by atoms with Crippen LogP contribution in [0.15, 0.2) is 90.0 Å². The number of carbonyl (C=O) groups is 1. The number of aromatic nitrogens is 1. The third kappa shape index (κ3) is 4.00. The molecule has 3 aromatic carbocycles.